The molecule has 0 fully saturated rings. The molecule has 0 saturated carbocycles. The maximum absolute atomic E-state index is 10.9. The number of halogens is 1. The van der Waals surface area contributed by atoms with Gasteiger partial charge in [0.15, 0.2) is 5.43 Å². The van der Waals surface area contributed by atoms with E-state index in [0.29, 0.717) is 11.7 Å². The van der Waals surface area contributed by atoms with Crippen molar-refractivity contribution >= 4 is 11.6 Å². The maximum atomic E-state index is 10.9. The topological polar surface area (TPSA) is 34.9 Å². The summed E-state index contributed by atoms with van der Waals surface area (Å²) in [5, 5.41) is 0.485. The Morgan fingerprint density at radius 1 is 1.20 bits per heavy atom. The van der Waals surface area contributed by atoms with Gasteiger partial charge in [0.25, 0.3) is 0 Å². The highest BCUT2D eigenvalue weighted by atomic mass is 35.5. The molecule has 0 amide bonds. The van der Waals surface area contributed by atoms with Gasteiger partial charge in [-0.25, -0.2) is 4.98 Å². The van der Waals surface area contributed by atoms with Crippen molar-refractivity contribution in [2.45, 2.75) is 6.54 Å². The summed E-state index contributed by atoms with van der Waals surface area (Å²) in [4.78, 5) is 14.9. The molecule has 2 heterocycles. The van der Waals surface area contributed by atoms with Crippen LogP contribution in [-0.4, -0.2) is 9.55 Å². The molecule has 0 aliphatic heterocycles. The molecule has 0 aliphatic rings. The van der Waals surface area contributed by atoms with Crippen LogP contribution in [0, 0.1) is 0 Å². The van der Waals surface area contributed by atoms with Crippen LogP contribution in [0.4, 0.5) is 0 Å². The quantitative estimate of drug-likeness (QED) is 0.725. The lowest BCUT2D eigenvalue weighted by molar-refractivity contribution is 0.785. The lowest BCUT2D eigenvalue weighted by Gasteiger charge is -2.04. The van der Waals surface area contributed by atoms with Gasteiger partial charge in [0.05, 0.1) is 0 Å². The Morgan fingerprint density at radius 3 is 2.53 bits per heavy atom. The first-order chi connectivity index (χ1) is 7.24. The standard InChI is InChI=1S/C11H9ClN2O/c12-11-2-1-9(7-13-11)8-14-5-3-10(15)4-6-14/h1-7H,8H2. The van der Waals surface area contributed by atoms with Crippen LogP contribution < -0.4 is 5.43 Å². The fourth-order valence-electron chi connectivity index (χ4n) is 1.26. The molecule has 76 valence electrons. The van der Waals surface area contributed by atoms with Crippen molar-refractivity contribution < 1.29 is 0 Å². The second kappa shape index (κ2) is 4.28. The van der Waals surface area contributed by atoms with E-state index < -0.39 is 0 Å². The summed E-state index contributed by atoms with van der Waals surface area (Å²) in [5.74, 6) is 0. The lowest BCUT2D eigenvalue weighted by atomic mass is 10.3. The molecule has 0 aliphatic carbocycles. The average Bonchev–Trinajstić information content (AvgIpc) is 2.25. The molecular formula is C11H9ClN2O. The van der Waals surface area contributed by atoms with Gasteiger partial charge >= 0.3 is 0 Å². The summed E-state index contributed by atoms with van der Waals surface area (Å²) in [6, 6.07) is 6.72. The Hall–Kier alpha value is -1.61. The van der Waals surface area contributed by atoms with Gasteiger partial charge < -0.3 is 4.57 Å². The third-order valence-electron chi connectivity index (χ3n) is 2.01. The van der Waals surface area contributed by atoms with Crippen LogP contribution in [0.15, 0.2) is 47.7 Å². The molecule has 0 atom stereocenters. The van der Waals surface area contributed by atoms with Crippen molar-refractivity contribution in [2.24, 2.45) is 0 Å². The number of rotatable bonds is 2. The smallest absolute Gasteiger partial charge is 0.181 e. The van der Waals surface area contributed by atoms with Gasteiger partial charge in [0.1, 0.15) is 5.15 Å². The molecule has 4 heteroatoms. The van der Waals surface area contributed by atoms with E-state index in [9.17, 15) is 4.79 Å². The van der Waals surface area contributed by atoms with Crippen molar-refractivity contribution in [3.05, 3.63) is 63.8 Å². The number of hydrogen-bond acceptors (Lipinski definition) is 2. The van der Waals surface area contributed by atoms with Gasteiger partial charge in [0, 0.05) is 37.3 Å². The molecule has 0 N–H and O–H groups in total. The Morgan fingerprint density at radius 2 is 1.93 bits per heavy atom. The lowest BCUT2D eigenvalue weighted by Crippen LogP contribution is -2.04. The third kappa shape index (κ3) is 2.67. The summed E-state index contributed by atoms with van der Waals surface area (Å²) in [6.45, 7) is 0.685. The second-order valence-corrected chi connectivity index (χ2v) is 3.58. The Kier molecular flexibility index (Phi) is 2.83. The molecule has 0 saturated heterocycles. The number of nitrogens with zero attached hydrogens (tertiary/aromatic N) is 2. The zero-order valence-electron chi connectivity index (χ0n) is 7.93. The van der Waals surface area contributed by atoms with Crippen molar-refractivity contribution in [1.29, 1.82) is 0 Å². The van der Waals surface area contributed by atoms with Crippen LogP contribution in [0.2, 0.25) is 5.15 Å². The minimum atomic E-state index is 0.0143. The molecule has 0 aromatic carbocycles. The molecule has 2 rings (SSSR count). The summed E-state index contributed by atoms with van der Waals surface area (Å²) >= 11 is 5.68. The van der Waals surface area contributed by atoms with Gasteiger partial charge in [-0.1, -0.05) is 17.7 Å². The number of pyridine rings is 2. The number of hydrogen-bond donors (Lipinski definition) is 0. The van der Waals surface area contributed by atoms with Crippen molar-refractivity contribution in [2.75, 3.05) is 0 Å². The van der Waals surface area contributed by atoms with E-state index in [1.54, 1.807) is 24.7 Å². The molecule has 3 nitrogen and oxygen atoms in total. The SMILES string of the molecule is O=c1ccn(Cc2ccc(Cl)nc2)cc1. The normalized spacial score (nSPS) is 10.2. The molecule has 0 radical (unpaired) electrons. The van der Waals surface area contributed by atoms with Crippen molar-refractivity contribution in [1.82, 2.24) is 9.55 Å². The second-order valence-electron chi connectivity index (χ2n) is 3.20. The first-order valence-electron chi connectivity index (χ1n) is 4.50. The monoisotopic (exact) mass is 220 g/mol. The minimum absolute atomic E-state index is 0.0143. The van der Waals surface area contributed by atoms with Gasteiger partial charge in [0.2, 0.25) is 0 Å². The van der Waals surface area contributed by atoms with Gasteiger partial charge in [-0.05, 0) is 11.6 Å². The molecule has 0 unspecified atom stereocenters. The van der Waals surface area contributed by atoms with Crippen LogP contribution in [0.1, 0.15) is 5.56 Å². The highest BCUT2D eigenvalue weighted by Crippen LogP contribution is 2.06. The largest absolute Gasteiger partial charge is 0.350 e. The van der Waals surface area contributed by atoms with Crippen LogP contribution in [0.3, 0.4) is 0 Å². The van der Waals surface area contributed by atoms with Gasteiger partial charge in [-0.2, -0.15) is 0 Å². The van der Waals surface area contributed by atoms with E-state index in [1.165, 1.54) is 12.1 Å². The third-order valence-corrected chi connectivity index (χ3v) is 2.24. The fraction of sp³-hybridized carbons (Fsp3) is 0.0909. The highest BCUT2D eigenvalue weighted by Gasteiger charge is 1.94. The highest BCUT2D eigenvalue weighted by molar-refractivity contribution is 6.29. The summed E-state index contributed by atoms with van der Waals surface area (Å²) in [7, 11) is 0. The molecule has 15 heavy (non-hydrogen) atoms. The number of aromatic nitrogens is 2. The van der Waals surface area contributed by atoms with E-state index >= 15 is 0 Å². The summed E-state index contributed by atoms with van der Waals surface area (Å²) in [5.41, 5.74) is 1.06. The maximum Gasteiger partial charge on any atom is 0.181 e. The van der Waals surface area contributed by atoms with Crippen molar-refractivity contribution in [3.63, 3.8) is 0 Å². The molecule has 2 aromatic rings. The van der Waals surface area contributed by atoms with Crippen LogP contribution in [-0.2, 0) is 6.54 Å². The van der Waals surface area contributed by atoms with E-state index in [2.05, 4.69) is 4.98 Å². The first-order valence-corrected chi connectivity index (χ1v) is 4.88. The van der Waals surface area contributed by atoms with E-state index in [-0.39, 0.29) is 5.43 Å². The van der Waals surface area contributed by atoms with Gasteiger partial charge in [-0.3, -0.25) is 4.79 Å². The fourth-order valence-corrected chi connectivity index (χ4v) is 1.37. The predicted molar refractivity (Wildman–Crippen MR) is 59.1 cm³/mol. The van der Waals surface area contributed by atoms with Crippen molar-refractivity contribution in [3.8, 4) is 0 Å². The van der Waals surface area contributed by atoms with Crippen LogP contribution in [0.25, 0.3) is 0 Å². The molecule has 0 bridgehead atoms. The zero-order valence-corrected chi connectivity index (χ0v) is 8.69. The summed E-state index contributed by atoms with van der Waals surface area (Å²) in [6.07, 6.45) is 5.22. The van der Waals surface area contributed by atoms with Crippen LogP contribution in [0.5, 0.6) is 0 Å². The molecule has 2 aromatic heterocycles. The Labute approximate surface area is 92.0 Å². The van der Waals surface area contributed by atoms with Gasteiger partial charge in [-0.15, -0.1) is 0 Å². The zero-order chi connectivity index (χ0) is 10.7. The van der Waals surface area contributed by atoms with E-state index in [0.717, 1.165) is 5.56 Å². The van der Waals surface area contributed by atoms with E-state index in [4.69, 9.17) is 11.6 Å². The van der Waals surface area contributed by atoms with E-state index in [1.807, 2.05) is 10.6 Å². The molecule has 0 spiro atoms. The first kappa shape index (κ1) is 9.93. The summed E-state index contributed by atoms with van der Waals surface area (Å²) < 4.78 is 1.91. The predicted octanol–water partition coefficient (Wildman–Crippen LogP) is 1.95. The average molecular weight is 221 g/mol. The Balaban J connectivity index is 2.18. The van der Waals surface area contributed by atoms with Crippen LogP contribution >= 0.6 is 11.6 Å². The Bertz CT molecular complexity index is 484. The minimum Gasteiger partial charge on any atom is -0.350 e. The molecular weight excluding hydrogens is 212 g/mol.